The Balaban J connectivity index is 0.000000318. The number of rotatable bonds is 12. The Morgan fingerprint density at radius 3 is 0.660 bits per heavy atom. The maximum Gasteiger partial charge on any atom is 0.317 e. The van der Waals surface area contributed by atoms with Crippen molar-refractivity contribution in [2.24, 2.45) is 0 Å². The third-order valence-electron chi connectivity index (χ3n) is 9.34. The number of hydrogen-bond acceptors (Lipinski definition) is 8. The summed E-state index contributed by atoms with van der Waals surface area (Å²) in [6, 6.07) is 1.82. The van der Waals surface area contributed by atoms with Gasteiger partial charge in [-0.05, 0) is 51.4 Å². The Morgan fingerprint density at radius 2 is 0.489 bits per heavy atom. The normalized spacial score (nSPS) is 20.3. The van der Waals surface area contributed by atoms with Crippen LogP contribution in [0.1, 0.15) is 148 Å². The number of carboxylic acids is 4. The quantitative estimate of drug-likeness (QED) is 0.127. The number of nitrogens with one attached hydrogen (secondary N) is 4. The summed E-state index contributed by atoms with van der Waals surface area (Å²) in [6.07, 6.45) is 28.5. The maximum atomic E-state index is 10.5. The highest BCUT2D eigenvalue weighted by Crippen LogP contribution is 2.19. The summed E-state index contributed by atoms with van der Waals surface area (Å²) in [5.41, 5.74) is 0. The van der Waals surface area contributed by atoms with E-state index in [9.17, 15) is 19.2 Å². The molecule has 274 valence electrons. The Hall–Kier alpha value is -2.28. The van der Waals surface area contributed by atoms with E-state index in [2.05, 4.69) is 21.3 Å². The van der Waals surface area contributed by atoms with E-state index >= 15 is 0 Å². The summed E-state index contributed by atoms with van der Waals surface area (Å²) >= 11 is 0. The minimum absolute atomic E-state index is 0.116. The number of aliphatic carboxylic acids is 4. The Labute approximate surface area is 282 Å². The maximum absolute atomic E-state index is 10.5. The molecular weight excluding hydrogens is 604 g/mol. The molecule has 0 aromatic heterocycles. The zero-order chi connectivity index (χ0) is 34.5. The average Bonchev–Trinajstić information content (AvgIpc) is 3.30. The molecule has 8 N–H and O–H groups in total. The molecule has 0 heterocycles. The highest BCUT2D eigenvalue weighted by molar-refractivity contribution is 5.70. The molecule has 0 spiro atoms. The fourth-order valence-electron chi connectivity index (χ4n) is 6.34. The summed E-state index contributed by atoms with van der Waals surface area (Å²) in [7, 11) is 0. The largest absolute Gasteiger partial charge is 0.480 e. The third kappa shape index (κ3) is 27.4. The van der Waals surface area contributed by atoms with Gasteiger partial charge in [0.2, 0.25) is 0 Å². The van der Waals surface area contributed by atoms with Gasteiger partial charge in [-0.25, -0.2) is 0 Å². The minimum Gasteiger partial charge on any atom is -0.480 e. The molecule has 0 amide bonds. The Kier molecular flexibility index (Phi) is 26.1. The van der Waals surface area contributed by atoms with Crippen LogP contribution in [0.15, 0.2) is 0 Å². The van der Waals surface area contributed by atoms with Gasteiger partial charge in [-0.1, -0.05) is 96.3 Å². The second-order valence-corrected chi connectivity index (χ2v) is 13.5. The van der Waals surface area contributed by atoms with Gasteiger partial charge >= 0.3 is 23.9 Å². The third-order valence-corrected chi connectivity index (χ3v) is 9.34. The number of carboxylic acid groups (broad SMARTS) is 4. The predicted molar refractivity (Wildman–Crippen MR) is 184 cm³/mol. The van der Waals surface area contributed by atoms with E-state index < -0.39 is 23.9 Å². The van der Waals surface area contributed by atoms with Crippen LogP contribution in [-0.4, -0.2) is 94.6 Å². The summed E-state index contributed by atoms with van der Waals surface area (Å²) < 4.78 is 0. The van der Waals surface area contributed by atoms with E-state index in [0.717, 1.165) is 51.4 Å². The van der Waals surface area contributed by atoms with Crippen LogP contribution in [0, 0.1) is 0 Å². The van der Waals surface area contributed by atoms with E-state index in [-0.39, 0.29) is 26.2 Å². The van der Waals surface area contributed by atoms with Crippen LogP contribution in [-0.2, 0) is 19.2 Å². The predicted octanol–water partition coefficient (Wildman–Crippen LogP) is 5.14. The molecule has 4 saturated carbocycles. The van der Waals surface area contributed by atoms with Crippen LogP contribution >= 0.6 is 0 Å². The second kappa shape index (κ2) is 28.7. The van der Waals surface area contributed by atoms with Gasteiger partial charge in [-0.15, -0.1) is 0 Å². The lowest BCUT2D eigenvalue weighted by atomic mass is 9.93. The van der Waals surface area contributed by atoms with Crippen LogP contribution in [0.3, 0.4) is 0 Å². The van der Waals surface area contributed by atoms with Crippen LogP contribution in [0.5, 0.6) is 0 Å². The van der Waals surface area contributed by atoms with Gasteiger partial charge in [0.15, 0.2) is 0 Å². The van der Waals surface area contributed by atoms with Crippen molar-refractivity contribution in [1.29, 1.82) is 0 Å². The van der Waals surface area contributed by atoms with Crippen molar-refractivity contribution in [1.82, 2.24) is 21.3 Å². The molecule has 0 saturated heterocycles. The van der Waals surface area contributed by atoms with Crippen molar-refractivity contribution in [2.45, 2.75) is 172 Å². The van der Waals surface area contributed by atoms with Gasteiger partial charge in [0.1, 0.15) is 0 Å². The van der Waals surface area contributed by atoms with Crippen molar-refractivity contribution in [3.05, 3.63) is 0 Å². The Bertz CT molecular complexity index is 818. The van der Waals surface area contributed by atoms with Crippen LogP contribution in [0.4, 0.5) is 0 Å². The minimum atomic E-state index is -0.762. The molecule has 0 atom stereocenters. The lowest BCUT2D eigenvalue weighted by Crippen LogP contribution is -2.38. The molecule has 4 fully saturated rings. The van der Waals surface area contributed by atoms with Crippen molar-refractivity contribution < 1.29 is 39.6 Å². The van der Waals surface area contributed by atoms with Gasteiger partial charge < -0.3 is 41.7 Å². The van der Waals surface area contributed by atoms with E-state index in [1.165, 1.54) is 96.3 Å². The van der Waals surface area contributed by atoms with Gasteiger partial charge in [0.25, 0.3) is 0 Å². The molecule has 4 aliphatic carbocycles. The fraction of sp³-hybridized carbons (Fsp3) is 0.886. The summed E-state index contributed by atoms with van der Waals surface area (Å²) in [5.74, 6) is -3.01. The first-order valence-electron chi connectivity index (χ1n) is 18.5. The topological polar surface area (TPSA) is 197 Å². The number of carbonyl (C=O) groups is 4. The second-order valence-electron chi connectivity index (χ2n) is 13.5. The van der Waals surface area contributed by atoms with Crippen molar-refractivity contribution in [2.75, 3.05) is 26.2 Å². The van der Waals surface area contributed by atoms with E-state index in [1.807, 2.05) is 0 Å². The smallest absolute Gasteiger partial charge is 0.317 e. The van der Waals surface area contributed by atoms with Crippen LogP contribution < -0.4 is 21.3 Å². The lowest BCUT2D eigenvalue weighted by molar-refractivity contribution is -0.137. The fourth-order valence-corrected chi connectivity index (χ4v) is 6.34. The standard InChI is InChI=1S/C12H23NO2.C9H17NO2.C8H15NO2.C6H11NO2/c14-12(15)10-13-11-8-6-4-2-1-3-5-7-9-11;11-9(12)7-10-8-5-3-1-2-4-6-8;10-8(11)6-9-7-4-2-1-3-5-7;8-6(9)4-7-5-2-1-3-5/h11,13H,1-10H2,(H,14,15);8,10H,1-7H2,(H,11,12);7,9H,1-6H2,(H,10,11);5,7H,1-4H2,(H,8,9). The molecule has 12 nitrogen and oxygen atoms in total. The van der Waals surface area contributed by atoms with Crippen molar-refractivity contribution >= 4 is 23.9 Å². The van der Waals surface area contributed by atoms with Crippen molar-refractivity contribution in [3.63, 3.8) is 0 Å². The van der Waals surface area contributed by atoms with E-state index in [0.29, 0.717) is 24.2 Å². The highest BCUT2D eigenvalue weighted by atomic mass is 16.4. The van der Waals surface area contributed by atoms with Crippen LogP contribution in [0.2, 0.25) is 0 Å². The average molecular weight is 671 g/mol. The van der Waals surface area contributed by atoms with Crippen molar-refractivity contribution in [3.8, 4) is 0 Å². The summed E-state index contributed by atoms with van der Waals surface area (Å²) in [5, 5.41) is 45.8. The molecule has 4 rings (SSSR count). The first kappa shape index (κ1) is 42.7. The van der Waals surface area contributed by atoms with E-state index in [1.54, 1.807) is 0 Å². The van der Waals surface area contributed by atoms with Crippen LogP contribution in [0.25, 0.3) is 0 Å². The summed E-state index contributed by atoms with van der Waals surface area (Å²) in [4.78, 5) is 40.9. The molecule has 0 aromatic carbocycles. The molecule has 0 radical (unpaired) electrons. The highest BCUT2D eigenvalue weighted by Gasteiger charge is 2.17. The zero-order valence-electron chi connectivity index (χ0n) is 28.8. The molecule has 0 aromatic rings. The molecule has 0 unspecified atom stereocenters. The molecular formula is C35H66N4O8. The number of hydrogen-bond donors (Lipinski definition) is 8. The molecule has 12 heteroatoms. The monoisotopic (exact) mass is 670 g/mol. The van der Waals surface area contributed by atoms with E-state index in [4.69, 9.17) is 20.4 Å². The zero-order valence-corrected chi connectivity index (χ0v) is 28.8. The summed E-state index contributed by atoms with van der Waals surface area (Å²) in [6.45, 7) is 0.463. The van der Waals surface area contributed by atoms with Gasteiger partial charge in [0, 0.05) is 24.2 Å². The first-order valence-corrected chi connectivity index (χ1v) is 18.5. The van der Waals surface area contributed by atoms with Gasteiger partial charge in [0.05, 0.1) is 26.2 Å². The SMILES string of the molecule is O=C(O)CNC1CCC1.O=C(O)CNC1CCCCC1.O=C(O)CNC1CCCCCC1.O=C(O)CNC1CCCCCCCCC1. The molecule has 47 heavy (non-hydrogen) atoms. The first-order chi connectivity index (χ1) is 22.7. The molecule has 4 aliphatic rings. The van der Waals surface area contributed by atoms with Gasteiger partial charge in [-0.2, -0.15) is 0 Å². The van der Waals surface area contributed by atoms with Gasteiger partial charge in [-0.3, -0.25) is 19.2 Å². The molecule has 0 bridgehead atoms. The Morgan fingerprint density at radius 1 is 0.319 bits per heavy atom. The lowest BCUT2D eigenvalue weighted by Gasteiger charge is -2.25. The molecule has 0 aliphatic heterocycles.